The van der Waals surface area contributed by atoms with E-state index in [9.17, 15) is 17.7 Å². The molecule has 0 bridgehead atoms. The SMILES string of the molecule is [O-]SC(c1ccccc1)C(F)(F)F. The minimum absolute atomic E-state index is 0.00463. The molecule has 0 saturated heterocycles. The van der Waals surface area contributed by atoms with Gasteiger partial charge >= 0.3 is 6.18 Å². The van der Waals surface area contributed by atoms with Crippen molar-refractivity contribution in [3.8, 4) is 0 Å². The van der Waals surface area contributed by atoms with Crippen LogP contribution in [0.15, 0.2) is 30.3 Å². The molecular weight excluding hydrogens is 201 g/mol. The molecule has 72 valence electrons. The van der Waals surface area contributed by atoms with E-state index >= 15 is 0 Å². The van der Waals surface area contributed by atoms with Gasteiger partial charge in [0.05, 0.1) is 0 Å². The van der Waals surface area contributed by atoms with E-state index in [2.05, 4.69) is 0 Å². The van der Waals surface area contributed by atoms with Crippen LogP contribution < -0.4 is 0 Å². The molecule has 0 saturated carbocycles. The zero-order valence-corrected chi connectivity index (χ0v) is 7.23. The van der Waals surface area contributed by atoms with Crippen molar-refractivity contribution in [3.05, 3.63) is 35.9 Å². The van der Waals surface area contributed by atoms with Crippen molar-refractivity contribution in [2.45, 2.75) is 11.4 Å². The van der Waals surface area contributed by atoms with Gasteiger partial charge < -0.3 is 4.55 Å². The molecule has 0 fully saturated rings. The first-order chi connectivity index (χ1) is 6.05. The number of halogens is 3. The van der Waals surface area contributed by atoms with Gasteiger partial charge in [-0.15, -0.1) is 0 Å². The van der Waals surface area contributed by atoms with E-state index in [4.69, 9.17) is 0 Å². The summed E-state index contributed by atoms with van der Waals surface area (Å²) in [5, 5.41) is -1.96. The first kappa shape index (κ1) is 10.4. The van der Waals surface area contributed by atoms with Gasteiger partial charge in [-0.2, -0.15) is 13.2 Å². The topological polar surface area (TPSA) is 23.1 Å². The highest BCUT2D eigenvalue weighted by molar-refractivity contribution is 7.94. The smallest absolute Gasteiger partial charge is 0.403 e. The quantitative estimate of drug-likeness (QED) is 0.695. The van der Waals surface area contributed by atoms with Gasteiger partial charge in [0, 0.05) is 0 Å². The van der Waals surface area contributed by atoms with E-state index in [-0.39, 0.29) is 5.56 Å². The predicted molar refractivity (Wildman–Crippen MR) is 43.6 cm³/mol. The Labute approximate surface area is 77.8 Å². The second-order valence-electron chi connectivity index (χ2n) is 2.43. The molecule has 13 heavy (non-hydrogen) atoms. The maximum absolute atomic E-state index is 12.2. The van der Waals surface area contributed by atoms with Gasteiger partial charge in [0.1, 0.15) is 5.25 Å². The number of hydrogen-bond donors (Lipinski definition) is 0. The Hall–Kier alpha value is -0.680. The van der Waals surface area contributed by atoms with Crippen molar-refractivity contribution in [2.24, 2.45) is 0 Å². The minimum Gasteiger partial charge on any atom is -0.798 e. The summed E-state index contributed by atoms with van der Waals surface area (Å²) in [5.41, 5.74) is -0.00463. The van der Waals surface area contributed by atoms with E-state index in [0.717, 1.165) is 0 Å². The van der Waals surface area contributed by atoms with Gasteiger partial charge in [0.25, 0.3) is 0 Å². The number of alkyl halides is 3. The second-order valence-corrected chi connectivity index (χ2v) is 3.09. The third-order valence-electron chi connectivity index (χ3n) is 1.50. The summed E-state index contributed by atoms with van der Waals surface area (Å²) in [6, 6.07) is 7.15. The van der Waals surface area contributed by atoms with Crippen LogP contribution in [-0.2, 0) is 0 Å². The van der Waals surface area contributed by atoms with Crippen LogP contribution in [0.5, 0.6) is 0 Å². The molecule has 0 aliphatic rings. The van der Waals surface area contributed by atoms with E-state index in [1.54, 1.807) is 6.07 Å². The fourth-order valence-corrected chi connectivity index (χ4v) is 1.30. The zero-order valence-electron chi connectivity index (χ0n) is 6.41. The van der Waals surface area contributed by atoms with Crippen LogP contribution in [0.25, 0.3) is 0 Å². The molecule has 1 nitrogen and oxygen atoms in total. The third-order valence-corrected chi connectivity index (χ3v) is 2.23. The zero-order chi connectivity index (χ0) is 9.90. The van der Waals surface area contributed by atoms with Crippen LogP contribution in [0.3, 0.4) is 0 Å². The fraction of sp³-hybridized carbons (Fsp3) is 0.250. The summed E-state index contributed by atoms with van der Waals surface area (Å²) in [4.78, 5) is 0. The van der Waals surface area contributed by atoms with Gasteiger partial charge in [0.15, 0.2) is 0 Å². The Balaban J connectivity index is 2.92. The van der Waals surface area contributed by atoms with E-state index in [1.165, 1.54) is 24.3 Å². The highest BCUT2D eigenvalue weighted by Crippen LogP contribution is 2.41. The van der Waals surface area contributed by atoms with E-state index < -0.39 is 23.5 Å². The lowest BCUT2D eigenvalue weighted by Gasteiger charge is -2.22. The molecule has 1 aromatic rings. The lowest BCUT2D eigenvalue weighted by Crippen LogP contribution is -2.17. The van der Waals surface area contributed by atoms with Crippen LogP contribution in [0, 0.1) is 0 Å². The lowest BCUT2D eigenvalue weighted by atomic mass is 10.1. The number of rotatable bonds is 2. The van der Waals surface area contributed by atoms with Crippen LogP contribution in [0.1, 0.15) is 10.8 Å². The average molecular weight is 207 g/mol. The van der Waals surface area contributed by atoms with Crippen molar-refractivity contribution in [1.29, 1.82) is 0 Å². The van der Waals surface area contributed by atoms with Gasteiger partial charge in [-0.25, -0.2) is 12.0 Å². The molecule has 0 aliphatic heterocycles. The molecular formula is C8H6F3OS-. The van der Waals surface area contributed by atoms with E-state index in [0.29, 0.717) is 0 Å². The Bertz CT molecular complexity index is 260. The second kappa shape index (κ2) is 4.02. The Morgan fingerprint density at radius 3 is 2.08 bits per heavy atom. The molecule has 0 amide bonds. The van der Waals surface area contributed by atoms with Crippen LogP contribution in [-0.4, -0.2) is 10.7 Å². The molecule has 0 heterocycles. The molecule has 1 rings (SSSR count). The molecule has 1 atom stereocenters. The number of hydrogen-bond acceptors (Lipinski definition) is 2. The van der Waals surface area contributed by atoms with Crippen molar-refractivity contribution >= 4 is 12.0 Å². The molecule has 0 aromatic heterocycles. The lowest BCUT2D eigenvalue weighted by molar-refractivity contribution is -0.130. The first-order valence-electron chi connectivity index (χ1n) is 3.46. The summed E-state index contributed by atoms with van der Waals surface area (Å²) in [6.07, 6.45) is -4.48. The predicted octanol–water partition coefficient (Wildman–Crippen LogP) is 3.15. The minimum atomic E-state index is -4.48. The molecule has 1 unspecified atom stereocenters. The molecule has 0 N–H and O–H groups in total. The van der Waals surface area contributed by atoms with Crippen molar-refractivity contribution < 1.29 is 17.7 Å². The summed E-state index contributed by atoms with van der Waals surface area (Å²) < 4.78 is 46.8. The monoisotopic (exact) mass is 207 g/mol. The Morgan fingerprint density at radius 2 is 1.69 bits per heavy atom. The van der Waals surface area contributed by atoms with E-state index in [1.807, 2.05) is 0 Å². The largest absolute Gasteiger partial charge is 0.798 e. The fourth-order valence-electron chi connectivity index (χ4n) is 0.927. The average Bonchev–Trinajstić information content (AvgIpc) is 2.05. The van der Waals surface area contributed by atoms with Gasteiger partial charge in [-0.05, 0) is 5.56 Å². The standard InChI is InChI=1S/C8H7F3OS/c9-8(10,11)7(13-12)6-4-2-1-3-5-6/h1-5,7,12H/p-1. The van der Waals surface area contributed by atoms with Gasteiger partial charge in [-0.3, -0.25) is 0 Å². The summed E-state index contributed by atoms with van der Waals surface area (Å²) >= 11 is -0.445. The summed E-state index contributed by atoms with van der Waals surface area (Å²) in [6.45, 7) is 0. The number of benzene rings is 1. The molecule has 0 radical (unpaired) electrons. The summed E-state index contributed by atoms with van der Waals surface area (Å²) in [5.74, 6) is 0. The molecule has 5 heteroatoms. The molecule has 1 aromatic carbocycles. The van der Waals surface area contributed by atoms with Crippen LogP contribution in [0.2, 0.25) is 0 Å². The molecule has 0 aliphatic carbocycles. The van der Waals surface area contributed by atoms with Crippen molar-refractivity contribution in [3.63, 3.8) is 0 Å². The van der Waals surface area contributed by atoms with Crippen molar-refractivity contribution in [2.75, 3.05) is 0 Å². The third kappa shape index (κ3) is 2.63. The van der Waals surface area contributed by atoms with Gasteiger partial charge in [-0.1, -0.05) is 30.3 Å². The summed E-state index contributed by atoms with van der Waals surface area (Å²) in [7, 11) is 0. The highest BCUT2D eigenvalue weighted by atomic mass is 32.2. The maximum Gasteiger partial charge on any atom is 0.403 e. The van der Waals surface area contributed by atoms with Crippen LogP contribution >= 0.6 is 12.0 Å². The molecule has 0 spiro atoms. The first-order valence-corrected chi connectivity index (χ1v) is 4.26. The maximum atomic E-state index is 12.2. The Kier molecular flexibility index (Phi) is 3.22. The normalized spacial score (nSPS) is 14.2. The Morgan fingerprint density at radius 1 is 1.15 bits per heavy atom. The highest BCUT2D eigenvalue weighted by Gasteiger charge is 2.38. The van der Waals surface area contributed by atoms with Gasteiger partial charge in [0.2, 0.25) is 0 Å². The van der Waals surface area contributed by atoms with Crippen molar-refractivity contribution in [1.82, 2.24) is 0 Å². The van der Waals surface area contributed by atoms with Crippen LogP contribution in [0.4, 0.5) is 13.2 Å².